The third-order valence-electron chi connectivity index (χ3n) is 3.14. The van der Waals surface area contributed by atoms with Gasteiger partial charge in [0.25, 0.3) is 0 Å². The van der Waals surface area contributed by atoms with Crippen molar-refractivity contribution in [3.8, 4) is 0 Å². The first-order valence-corrected chi connectivity index (χ1v) is 6.50. The predicted molar refractivity (Wildman–Crippen MR) is 69.2 cm³/mol. The number of nitrogens with zero attached hydrogens (tertiary/aromatic N) is 1. The van der Waals surface area contributed by atoms with Gasteiger partial charge in [-0.3, -0.25) is 0 Å². The number of nitrogens with one attached hydrogen (secondary N) is 3. The number of hydrogen-bond acceptors (Lipinski definition) is 4. The highest BCUT2D eigenvalue weighted by molar-refractivity contribution is 5.82. The minimum Gasteiger partial charge on any atom is -0.480 e. The van der Waals surface area contributed by atoms with Gasteiger partial charge in [-0.1, -0.05) is 0 Å². The number of aromatic amines is 1. The molecule has 2 amide bonds. The fraction of sp³-hybridized carbons (Fsp3) is 0.583. The van der Waals surface area contributed by atoms with E-state index in [0.29, 0.717) is 18.9 Å². The SMILES string of the molecule is O=C(NC1CCOCC1)N[C@H](Cc1cnc[nH]1)C(=O)O. The predicted octanol–water partition coefficient (Wildman–Crippen LogP) is -0.116. The van der Waals surface area contributed by atoms with Crippen LogP contribution in [0.1, 0.15) is 18.5 Å². The maximum atomic E-state index is 11.8. The lowest BCUT2D eigenvalue weighted by Gasteiger charge is -2.24. The Labute approximate surface area is 115 Å². The molecule has 0 aromatic carbocycles. The van der Waals surface area contributed by atoms with Crippen molar-refractivity contribution in [2.24, 2.45) is 0 Å². The van der Waals surface area contributed by atoms with Crippen molar-refractivity contribution >= 4 is 12.0 Å². The number of carboxylic acids is 1. The summed E-state index contributed by atoms with van der Waals surface area (Å²) in [4.78, 5) is 29.6. The van der Waals surface area contributed by atoms with Crippen LogP contribution in [0.15, 0.2) is 12.5 Å². The highest BCUT2D eigenvalue weighted by atomic mass is 16.5. The minimum atomic E-state index is -1.08. The summed E-state index contributed by atoms with van der Waals surface area (Å²) in [7, 11) is 0. The van der Waals surface area contributed by atoms with Crippen LogP contribution in [-0.2, 0) is 16.0 Å². The first-order chi connectivity index (χ1) is 9.65. The van der Waals surface area contributed by atoms with Gasteiger partial charge in [-0.05, 0) is 12.8 Å². The van der Waals surface area contributed by atoms with E-state index in [0.717, 1.165) is 12.8 Å². The fourth-order valence-corrected chi connectivity index (χ4v) is 2.04. The Kier molecular flexibility index (Phi) is 4.94. The molecule has 0 unspecified atom stereocenters. The van der Waals surface area contributed by atoms with E-state index in [1.165, 1.54) is 12.5 Å². The van der Waals surface area contributed by atoms with Crippen molar-refractivity contribution in [2.45, 2.75) is 31.3 Å². The first-order valence-electron chi connectivity index (χ1n) is 6.50. The highest BCUT2D eigenvalue weighted by Gasteiger charge is 2.23. The number of aromatic nitrogens is 2. The Hall–Kier alpha value is -2.09. The van der Waals surface area contributed by atoms with Gasteiger partial charge in [0.1, 0.15) is 6.04 Å². The van der Waals surface area contributed by atoms with E-state index < -0.39 is 18.0 Å². The van der Waals surface area contributed by atoms with E-state index in [1.54, 1.807) is 0 Å². The zero-order valence-electron chi connectivity index (χ0n) is 11.0. The van der Waals surface area contributed by atoms with Crippen LogP contribution in [0.3, 0.4) is 0 Å². The van der Waals surface area contributed by atoms with E-state index in [9.17, 15) is 9.59 Å². The van der Waals surface area contributed by atoms with E-state index in [4.69, 9.17) is 9.84 Å². The normalized spacial score (nSPS) is 17.4. The Bertz CT molecular complexity index is 442. The van der Waals surface area contributed by atoms with Gasteiger partial charge in [-0.15, -0.1) is 0 Å². The van der Waals surface area contributed by atoms with Gasteiger partial charge < -0.3 is 25.5 Å². The lowest BCUT2D eigenvalue weighted by atomic mass is 10.1. The molecule has 0 bridgehead atoms. The molecule has 0 aliphatic carbocycles. The molecular weight excluding hydrogens is 264 g/mol. The number of carbonyl (C=O) groups is 2. The number of carbonyl (C=O) groups excluding carboxylic acids is 1. The zero-order chi connectivity index (χ0) is 14.4. The highest BCUT2D eigenvalue weighted by Crippen LogP contribution is 2.06. The number of carboxylic acid groups (broad SMARTS) is 1. The standard InChI is InChI=1S/C12H18N4O4/c17-11(18)10(5-9-6-13-7-14-9)16-12(19)15-8-1-3-20-4-2-8/h6-8,10H,1-5H2,(H,13,14)(H,17,18)(H2,15,16,19)/t10-/m1/s1. The minimum absolute atomic E-state index is 0.0327. The molecule has 8 nitrogen and oxygen atoms in total. The fourth-order valence-electron chi connectivity index (χ4n) is 2.04. The summed E-state index contributed by atoms with van der Waals surface area (Å²) in [6.45, 7) is 1.23. The van der Waals surface area contributed by atoms with Gasteiger partial charge in [-0.2, -0.15) is 0 Å². The van der Waals surface area contributed by atoms with E-state index in [-0.39, 0.29) is 12.5 Å². The molecule has 1 atom stereocenters. The van der Waals surface area contributed by atoms with Crippen LogP contribution in [0.5, 0.6) is 0 Å². The molecule has 0 radical (unpaired) electrons. The zero-order valence-corrected chi connectivity index (χ0v) is 11.0. The van der Waals surface area contributed by atoms with Gasteiger partial charge in [0.05, 0.1) is 6.33 Å². The van der Waals surface area contributed by atoms with Gasteiger partial charge >= 0.3 is 12.0 Å². The topological polar surface area (TPSA) is 116 Å². The Balaban J connectivity index is 1.83. The number of H-pyrrole nitrogens is 1. The van der Waals surface area contributed by atoms with Crippen LogP contribution in [-0.4, -0.2) is 52.4 Å². The maximum Gasteiger partial charge on any atom is 0.326 e. The lowest BCUT2D eigenvalue weighted by molar-refractivity contribution is -0.139. The summed E-state index contributed by atoms with van der Waals surface area (Å²) in [5.41, 5.74) is 0.656. The number of ether oxygens (including phenoxy) is 1. The van der Waals surface area contributed by atoms with Crippen LogP contribution in [0.25, 0.3) is 0 Å². The molecule has 0 spiro atoms. The van der Waals surface area contributed by atoms with E-state index in [2.05, 4.69) is 20.6 Å². The van der Waals surface area contributed by atoms with Gasteiger partial charge in [0.2, 0.25) is 0 Å². The molecule has 1 saturated heterocycles. The molecule has 0 saturated carbocycles. The second-order valence-corrected chi connectivity index (χ2v) is 4.68. The van der Waals surface area contributed by atoms with Crippen molar-refractivity contribution < 1.29 is 19.4 Å². The second-order valence-electron chi connectivity index (χ2n) is 4.68. The number of amides is 2. The molecule has 4 N–H and O–H groups in total. The number of urea groups is 1. The molecule has 1 fully saturated rings. The summed E-state index contributed by atoms with van der Waals surface area (Å²) in [5.74, 6) is -1.08. The van der Waals surface area contributed by atoms with Crippen LogP contribution >= 0.6 is 0 Å². The summed E-state index contributed by atoms with van der Waals surface area (Å²) < 4.78 is 5.19. The van der Waals surface area contributed by atoms with Crippen molar-refractivity contribution in [1.82, 2.24) is 20.6 Å². The number of rotatable bonds is 5. The maximum absolute atomic E-state index is 11.8. The van der Waals surface area contributed by atoms with Gasteiger partial charge in [0, 0.05) is 37.6 Å². The van der Waals surface area contributed by atoms with Crippen LogP contribution < -0.4 is 10.6 Å². The molecule has 1 aromatic heterocycles. The molecular formula is C12H18N4O4. The molecule has 2 rings (SSSR count). The monoisotopic (exact) mass is 282 g/mol. The molecule has 1 aliphatic rings. The smallest absolute Gasteiger partial charge is 0.326 e. The van der Waals surface area contributed by atoms with Crippen molar-refractivity contribution in [3.05, 3.63) is 18.2 Å². The molecule has 1 aliphatic heterocycles. The average molecular weight is 282 g/mol. The number of hydrogen-bond donors (Lipinski definition) is 4. The molecule has 20 heavy (non-hydrogen) atoms. The molecule has 8 heteroatoms. The van der Waals surface area contributed by atoms with E-state index >= 15 is 0 Å². The van der Waals surface area contributed by atoms with Gasteiger partial charge in [-0.25, -0.2) is 14.6 Å². The molecule has 110 valence electrons. The van der Waals surface area contributed by atoms with Crippen LogP contribution in [0.4, 0.5) is 4.79 Å². The quantitative estimate of drug-likeness (QED) is 0.601. The summed E-state index contributed by atoms with van der Waals surface area (Å²) in [6, 6.07) is -1.43. The van der Waals surface area contributed by atoms with Gasteiger partial charge in [0.15, 0.2) is 0 Å². The average Bonchev–Trinajstić information content (AvgIpc) is 2.92. The Morgan fingerprint density at radius 1 is 1.50 bits per heavy atom. The number of aliphatic carboxylic acids is 1. The van der Waals surface area contributed by atoms with Crippen LogP contribution in [0.2, 0.25) is 0 Å². The van der Waals surface area contributed by atoms with Crippen molar-refractivity contribution in [1.29, 1.82) is 0 Å². The summed E-state index contributed by atoms with van der Waals surface area (Å²) in [6.07, 6.45) is 4.65. The summed E-state index contributed by atoms with van der Waals surface area (Å²) >= 11 is 0. The molecule has 1 aromatic rings. The third-order valence-corrected chi connectivity index (χ3v) is 3.14. The Morgan fingerprint density at radius 2 is 2.25 bits per heavy atom. The Morgan fingerprint density at radius 3 is 2.85 bits per heavy atom. The largest absolute Gasteiger partial charge is 0.480 e. The first kappa shape index (κ1) is 14.3. The van der Waals surface area contributed by atoms with Crippen molar-refractivity contribution in [3.63, 3.8) is 0 Å². The lowest BCUT2D eigenvalue weighted by Crippen LogP contribution is -2.50. The second kappa shape index (κ2) is 6.90. The third kappa shape index (κ3) is 4.23. The number of imidazole rings is 1. The van der Waals surface area contributed by atoms with Crippen molar-refractivity contribution in [2.75, 3.05) is 13.2 Å². The van der Waals surface area contributed by atoms with E-state index in [1.807, 2.05) is 0 Å². The summed E-state index contributed by atoms with van der Waals surface area (Å²) in [5, 5.41) is 14.4. The molecule has 2 heterocycles. The van der Waals surface area contributed by atoms with Crippen LogP contribution in [0, 0.1) is 0 Å².